The molecule has 3 aromatic rings. The molecule has 0 spiro atoms. The number of carbonyl (C=O) groups is 1. The lowest BCUT2D eigenvalue weighted by Gasteiger charge is -2.29. The molecule has 3 heterocycles. The molecule has 4 rings (SSSR count). The van der Waals surface area contributed by atoms with Crippen LogP contribution in [0.2, 0.25) is 0 Å². The van der Waals surface area contributed by atoms with Crippen molar-refractivity contribution in [3.63, 3.8) is 0 Å². The summed E-state index contributed by atoms with van der Waals surface area (Å²) in [6.07, 6.45) is 2.93. The summed E-state index contributed by atoms with van der Waals surface area (Å²) in [5.74, 6) is -0.288. The van der Waals surface area contributed by atoms with Crippen LogP contribution < -0.4 is 15.6 Å². The van der Waals surface area contributed by atoms with Crippen molar-refractivity contribution < 1.29 is 13.9 Å². The summed E-state index contributed by atoms with van der Waals surface area (Å²) < 4.78 is 20.0. The van der Waals surface area contributed by atoms with Gasteiger partial charge < -0.3 is 15.0 Å². The van der Waals surface area contributed by atoms with Gasteiger partial charge in [0.1, 0.15) is 29.4 Å². The fourth-order valence-electron chi connectivity index (χ4n) is 3.15. The Morgan fingerprint density at radius 1 is 1.30 bits per heavy atom. The number of aryl methyl sites for hydroxylation is 1. The minimum Gasteiger partial charge on any atom is -0.488 e. The Kier molecular flexibility index (Phi) is 3.99. The van der Waals surface area contributed by atoms with Crippen molar-refractivity contribution in [1.82, 2.24) is 15.3 Å². The van der Waals surface area contributed by atoms with Gasteiger partial charge in [-0.05, 0) is 42.3 Å². The SMILES string of the molecule is Cc1ccc([C@@]2(NC(=O)c3ccc(=O)[nH]c3)COc3cccnc32)cc1F. The summed E-state index contributed by atoms with van der Waals surface area (Å²) in [6, 6.07) is 11.0. The van der Waals surface area contributed by atoms with E-state index in [9.17, 15) is 14.0 Å². The Morgan fingerprint density at radius 3 is 2.89 bits per heavy atom. The van der Waals surface area contributed by atoms with Crippen molar-refractivity contribution in [3.05, 3.63) is 93.4 Å². The first-order valence-corrected chi connectivity index (χ1v) is 8.36. The van der Waals surface area contributed by atoms with E-state index in [1.54, 1.807) is 37.4 Å². The largest absolute Gasteiger partial charge is 0.488 e. The number of benzene rings is 1. The summed E-state index contributed by atoms with van der Waals surface area (Å²) in [5.41, 5.74) is 0.357. The van der Waals surface area contributed by atoms with Gasteiger partial charge in [0.05, 0.1) is 5.56 Å². The summed E-state index contributed by atoms with van der Waals surface area (Å²) in [5, 5.41) is 2.93. The van der Waals surface area contributed by atoms with Crippen LogP contribution in [-0.4, -0.2) is 22.5 Å². The van der Waals surface area contributed by atoms with Crippen molar-refractivity contribution in [2.45, 2.75) is 12.5 Å². The highest BCUT2D eigenvalue weighted by Gasteiger charge is 2.45. The van der Waals surface area contributed by atoms with Gasteiger partial charge in [-0.3, -0.25) is 14.6 Å². The van der Waals surface area contributed by atoms with E-state index in [0.29, 0.717) is 22.6 Å². The minimum absolute atomic E-state index is 0.0803. The minimum atomic E-state index is -1.14. The van der Waals surface area contributed by atoms with Crippen LogP contribution in [0, 0.1) is 12.7 Å². The topological polar surface area (TPSA) is 84.1 Å². The molecule has 27 heavy (non-hydrogen) atoms. The van der Waals surface area contributed by atoms with E-state index in [0.717, 1.165) is 0 Å². The first-order valence-electron chi connectivity index (χ1n) is 8.36. The zero-order chi connectivity index (χ0) is 19.0. The number of nitrogens with zero attached hydrogens (tertiary/aromatic N) is 1. The third kappa shape index (κ3) is 2.87. The van der Waals surface area contributed by atoms with E-state index in [1.165, 1.54) is 24.4 Å². The molecule has 6 nitrogen and oxygen atoms in total. The maximum Gasteiger partial charge on any atom is 0.253 e. The summed E-state index contributed by atoms with van der Waals surface area (Å²) in [6.45, 7) is 1.75. The number of halogens is 1. The van der Waals surface area contributed by atoms with E-state index in [1.807, 2.05) is 0 Å². The molecule has 0 saturated carbocycles. The number of aromatic amines is 1. The number of hydrogen-bond acceptors (Lipinski definition) is 4. The molecule has 0 unspecified atom stereocenters. The lowest BCUT2D eigenvalue weighted by Crippen LogP contribution is -2.48. The van der Waals surface area contributed by atoms with E-state index in [2.05, 4.69) is 15.3 Å². The molecule has 1 aliphatic heterocycles. The average Bonchev–Trinajstić information content (AvgIpc) is 3.04. The van der Waals surface area contributed by atoms with Gasteiger partial charge in [-0.25, -0.2) is 4.39 Å². The number of carbonyl (C=O) groups excluding carboxylic acids is 1. The second kappa shape index (κ2) is 6.35. The molecule has 7 heteroatoms. The number of hydrogen-bond donors (Lipinski definition) is 2. The number of nitrogens with one attached hydrogen (secondary N) is 2. The molecule has 0 saturated heterocycles. The van der Waals surface area contributed by atoms with Crippen molar-refractivity contribution >= 4 is 5.91 Å². The Hall–Kier alpha value is -3.48. The van der Waals surface area contributed by atoms with Crippen LogP contribution in [0.3, 0.4) is 0 Å². The molecule has 0 bridgehead atoms. The number of amides is 1. The van der Waals surface area contributed by atoms with Gasteiger partial charge in [-0.2, -0.15) is 0 Å². The third-order valence-corrected chi connectivity index (χ3v) is 4.66. The fourth-order valence-corrected chi connectivity index (χ4v) is 3.15. The van der Waals surface area contributed by atoms with Crippen molar-refractivity contribution in [2.24, 2.45) is 0 Å². The van der Waals surface area contributed by atoms with E-state index in [-0.39, 0.29) is 23.5 Å². The van der Waals surface area contributed by atoms with Gasteiger partial charge in [0, 0.05) is 18.5 Å². The van der Waals surface area contributed by atoms with Crippen molar-refractivity contribution in [2.75, 3.05) is 6.61 Å². The zero-order valence-electron chi connectivity index (χ0n) is 14.5. The lowest BCUT2D eigenvalue weighted by atomic mass is 9.86. The van der Waals surface area contributed by atoms with E-state index in [4.69, 9.17) is 4.74 Å². The van der Waals surface area contributed by atoms with Gasteiger partial charge in [-0.15, -0.1) is 0 Å². The van der Waals surface area contributed by atoms with Crippen molar-refractivity contribution in [3.8, 4) is 5.75 Å². The van der Waals surface area contributed by atoms with Crippen LogP contribution in [0.15, 0.2) is 59.7 Å². The van der Waals surface area contributed by atoms with Gasteiger partial charge in [0.15, 0.2) is 0 Å². The second-order valence-corrected chi connectivity index (χ2v) is 6.40. The normalized spacial score (nSPS) is 17.9. The summed E-state index contributed by atoms with van der Waals surface area (Å²) >= 11 is 0. The number of fused-ring (bicyclic) bond motifs is 1. The first-order chi connectivity index (χ1) is 13.0. The van der Waals surface area contributed by atoms with Crippen LogP contribution in [0.5, 0.6) is 5.75 Å². The molecule has 136 valence electrons. The molecule has 2 aromatic heterocycles. The average molecular weight is 365 g/mol. The predicted molar refractivity (Wildman–Crippen MR) is 96.2 cm³/mol. The lowest BCUT2D eigenvalue weighted by molar-refractivity contribution is 0.0898. The Morgan fingerprint density at radius 2 is 2.15 bits per heavy atom. The highest BCUT2D eigenvalue weighted by atomic mass is 19.1. The van der Waals surface area contributed by atoms with Crippen LogP contribution in [0.4, 0.5) is 4.39 Å². The van der Waals surface area contributed by atoms with Gasteiger partial charge in [-0.1, -0.05) is 12.1 Å². The smallest absolute Gasteiger partial charge is 0.253 e. The first kappa shape index (κ1) is 17.0. The Balaban J connectivity index is 1.82. The fraction of sp³-hybridized carbons (Fsp3) is 0.150. The highest BCUT2D eigenvalue weighted by molar-refractivity contribution is 5.95. The zero-order valence-corrected chi connectivity index (χ0v) is 14.5. The standard InChI is InChI=1S/C20H16FN3O3/c1-12-4-6-14(9-15(12)21)20(11-27-16-3-2-8-22-18(16)20)24-19(26)13-5-7-17(25)23-10-13/h2-10H,11H2,1H3,(H,23,25)(H,24,26)/t20-/m0/s1. The Labute approximate surface area is 154 Å². The number of pyridine rings is 2. The van der Waals surface area contributed by atoms with Gasteiger partial charge in [0.2, 0.25) is 5.56 Å². The molecule has 0 radical (unpaired) electrons. The van der Waals surface area contributed by atoms with Crippen molar-refractivity contribution in [1.29, 1.82) is 0 Å². The number of H-pyrrole nitrogens is 1. The second-order valence-electron chi connectivity index (χ2n) is 6.40. The third-order valence-electron chi connectivity index (χ3n) is 4.66. The molecule has 0 fully saturated rings. The molecular formula is C20H16FN3O3. The number of aromatic nitrogens is 2. The quantitative estimate of drug-likeness (QED) is 0.746. The monoisotopic (exact) mass is 365 g/mol. The van der Waals surface area contributed by atoms with Gasteiger partial charge in [0.25, 0.3) is 5.91 Å². The van der Waals surface area contributed by atoms with Crippen LogP contribution in [0.25, 0.3) is 0 Å². The summed E-state index contributed by atoms with van der Waals surface area (Å²) in [4.78, 5) is 30.9. The Bertz CT molecular complexity index is 1080. The van der Waals surface area contributed by atoms with E-state index < -0.39 is 11.4 Å². The molecule has 1 aliphatic rings. The maximum absolute atomic E-state index is 14.3. The molecule has 2 N–H and O–H groups in total. The number of ether oxygens (including phenoxy) is 1. The van der Waals surface area contributed by atoms with Crippen LogP contribution in [-0.2, 0) is 5.54 Å². The van der Waals surface area contributed by atoms with Crippen LogP contribution in [0.1, 0.15) is 27.2 Å². The molecule has 0 aliphatic carbocycles. The predicted octanol–water partition coefficient (Wildman–Crippen LogP) is 2.28. The maximum atomic E-state index is 14.3. The molecule has 1 aromatic carbocycles. The molecule has 1 atom stereocenters. The van der Waals surface area contributed by atoms with E-state index >= 15 is 0 Å². The highest BCUT2D eigenvalue weighted by Crippen LogP contribution is 2.40. The molecule has 1 amide bonds. The summed E-state index contributed by atoms with van der Waals surface area (Å²) in [7, 11) is 0. The molecular weight excluding hydrogens is 349 g/mol. The van der Waals surface area contributed by atoms with Gasteiger partial charge >= 0.3 is 0 Å². The number of rotatable bonds is 3. The van der Waals surface area contributed by atoms with Crippen LogP contribution >= 0.6 is 0 Å².